The van der Waals surface area contributed by atoms with E-state index >= 15 is 0 Å². The number of amides is 2. The van der Waals surface area contributed by atoms with Crippen molar-refractivity contribution in [2.45, 2.75) is 26.0 Å². The van der Waals surface area contributed by atoms with Crippen LogP contribution in [0.2, 0.25) is 0 Å². The van der Waals surface area contributed by atoms with Crippen molar-refractivity contribution in [1.29, 1.82) is 0 Å². The summed E-state index contributed by atoms with van der Waals surface area (Å²) in [4.78, 5) is 28.8. The van der Waals surface area contributed by atoms with Crippen LogP contribution in [0.4, 0.5) is 10.5 Å². The van der Waals surface area contributed by atoms with Crippen LogP contribution < -0.4 is 10.1 Å². The van der Waals surface area contributed by atoms with Crippen LogP contribution in [0.1, 0.15) is 35.0 Å². The minimum atomic E-state index is -0.555. The van der Waals surface area contributed by atoms with Gasteiger partial charge in [0.05, 0.1) is 13.7 Å². The molecule has 0 fully saturated rings. The van der Waals surface area contributed by atoms with Gasteiger partial charge in [-0.1, -0.05) is 25.1 Å². The van der Waals surface area contributed by atoms with E-state index < -0.39 is 12.2 Å². The van der Waals surface area contributed by atoms with E-state index in [0.29, 0.717) is 34.8 Å². The van der Waals surface area contributed by atoms with E-state index in [1.165, 1.54) is 18.2 Å². The number of phenolic OH excluding ortho intramolecular Hbond substituents is 1. The number of carbonyl (C=O) groups excluding carboxylic acids is 2. The molecule has 4 rings (SSSR count). The summed E-state index contributed by atoms with van der Waals surface area (Å²) in [5, 5.41) is 18.7. The zero-order valence-corrected chi connectivity index (χ0v) is 18.8. The molecule has 1 aromatic heterocycles. The number of methoxy groups -OCH3 is 1. The predicted octanol–water partition coefficient (Wildman–Crippen LogP) is 4.18. The molecule has 3 aromatic rings. The van der Waals surface area contributed by atoms with Crippen LogP contribution in [0.15, 0.2) is 72.0 Å². The minimum absolute atomic E-state index is 0.0238. The van der Waals surface area contributed by atoms with Crippen LogP contribution in [0.5, 0.6) is 11.5 Å². The Balaban J connectivity index is 1.51. The number of nitrogens with zero attached hydrogens (tertiary/aromatic N) is 3. The number of anilines is 1. The first kappa shape index (κ1) is 22.8. The van der Waals surface area contributed by atoms with Crippen molar-refractivity contribution in [2.24, 2.45) is 5.10 Å². The molecule has 0 saturated carbocycles. The third-order valence-electron chi connectivity index (χ3n) is 5.27. The first-order valence-electron chi connectivity index (χ1n) is 10.7. The number of aromatic nitrogens is 1. The van der Waals surface area contributed by atoms with Gasteiger partial charge in [-0.25, -0.2) is 4.79 Å². The summed E-state index contributed by atoms with van der Waals surface area (Å²) in [5.41, 5.74) is 2.89. The highest BCUT2D eigenvalue weighted by atomic mass is 16.6. The van der Waals surface area contributed by atoms with Gasteiger partial charge in [0, 0.05) is 17.4 Å². The highest BCUT2D eigenvalue weighted by Crippen LogP contribution is 2.29. The van der Waals surface area contributed by atoms with Gasteiger partial charge in [-0.3, -0.25) is 9.78 Å². The van der Waals surface area contributed by atoms with Crippen LogP contribution in [-0.4, -0.2) is 46.0 Å². The SMILES string of the molecule is CCC1OC(=O)N(Cc2ccc(NC(=O)c3ccccn3)cc2)N=C1c1ccc(OC)c(O)c1. The van der Waals surface area contributed by atoms with E-state index in [1.807, 2.05) is 6.92 Å². The highest BCUT2D eigenvalue weighted by Gasteiger charge is 2.31. The Hall–Kier alpha value is -4.40. The number of pyridine rings is 1. The van der Waals surface area contributed by atoms with Gasteiger partial charge in [-0.05, 0) is 54.4 Å². The molecule has 1 aliphatic heterocycles. The lowest BCUT2D eigenvalue weighted by atomic mass is 10.0. The number of hydrogen-bond acceptors (Lipinski definition) is 7. The van der Waals surface area contributed by atoms with Crippen molar-refractivity contribution < 1.29 is 24.2 Å². The van der Waals surface area contributed by atoms with Crippen molar-refractivity contribution in [1.82, 2.24) is 9.99 Å². The van der Waals surface area contributed by atoms with Crippen LogP contribution in [0, 0.1) is 0 Å². The Morgan fingerprint density at radius 1 is 1.18 bits per heavy atom. The molecule has 9 nitrogen and oxygen atoms in total. The summed E-state index contributed by atoms with van der Waals surface area (Å²) in [6, 6.07) is 17.1. The number of ether oxygens (including phenoxy) is 2. The molecule has 1 aliphatic rings. The Morgan fingerprint density at radius 2 is 1.97 bits per heavy atom. The maximum atomic E-state index is 12.5. The maximum Gasteiger partial charge on any atom is 0.431 e. The highest BCUT2D eigenvalue weighted by molar-refractivity contribution is 6.06. The number of rotatable bonds is 7. The fourth-order valence-electron chi connectivity index (χ4n) is 3.50. The fraction of sp³-hybridized carbons (Fsp3) is 0.200. The van der Waals surface area contributed by atoms with Gasteiger partial charge >= 0.3 is 6.09 Å². The molecule has 174 valence electrons. The van der Waals surface area contributed by atoms with E-state index in [1.54, 1.807) is 60.8 Å². The molecule has 0 radical (unpaired) electrons. The molecule has 0 bridgehead atoms. The van der Waals surface area contributed by atoms with E-state index in [2.05, 4.69) is 15.4 Å². The monoisotopic (exact) mass is 460 g/mol. The second-order valence-corrected chi connectivity index (χ2v) is 7.58. The Kier molecular flexibility index (Phi) is 6.72. The Bertz CT molecular complexity index is 1210. The first-order chi connectivity index (χ1) is 16.5. The first-order valence-corrected chi connectivity index (χ1v) is 10.7. The molecular weight excluding hydrogens is 436 g/mol. The summed E-state index contributed by atoms with van der Waals surface area (Å²) in [6.07, 6.45) is 1.01. The van der Waals surface area contributed by atoms with Gasteiger partial charge in [0.25, 0.3) is 5.91 Å². The lowest BCUT2D eigenvalue weighted by molar-refractivity contribution is 0.0712. The molecule has 2 aromatic carbocycles. The second-order valence-electron chi connectivity index (χ2n) is 7.58. The van der Waals surface area contributed by atoms with Gasteiger partial charge in [0.15, 0.2) is 11.5 Å². The molecule has 1 unspecified atom stereocenters. The molecule has 0 spiro atoms. The lowest BCUT2D eigenvalue weighted by Crippen LogP contribution is -2.41. The number of cyclic esters (lactones) is 1. The predicted molar refractivity (Wildman–Crippen MR) is 126 cm³/mol. The number of aromatic hydroxyl groups is 1. The van der Waals surface area contributed by atoms with Gasteiger partial charge < -0.3 is 19.9 Å². The second kappa shape index (κ2) is 10.0. The van der Waals surface area contributed by atoms with Gasteiger partial charge in [0.2, 0.25) is 0 Å². The molecule has 2 heterocycles. The number of nitrogens with one attached hydrogen (secondary N) is 1. The van der Waals surface area contributed by atoms with Gasteiger partial charge in [-0.2, -0.15) is 10.1 Å². The van der Waals surface area contributed by atoms with E-state index in [-0.39, 0.29) is 18.2 Å². The molecule has 0 saturated heterocycles. The maximum absolute atomic E-state index is 12.5. The lowest BCUT2D eigenvalue weighted by Gasteiger charge is -2.29. The number of hydrazone groups is 1. The van der Waals surface area contributed by atoms with Crippen LogP contribution in [0.25, 0.3) is 0 Å². The average molecular weight is 460 g/mol. The van der Waals surface area contributed by atoms with Crippen LogP contribution in [0.3, 0.4) is 0 Å². The molecule has 34 heavy (non-hydrogen) atoms. The van der Waals surface area contributed by atoms with Crippen LogP contribution >= 0.6 is 0 Å². The van der Waals surface area contributed by atoms with Gasteiger partial charge in [-0.15, -0.1) is 0 Å². The zero-order valence-electron chi connectivity index (χ0n) is 18.8. The normalized spacial score (nSPS) is 15.4. The Morgan fingerprint density at radius 3 is 2.62 bits per heavy atom. The van der Waals surface area contributed by atoms with Crippen molar-refractivity contribution in [3.05, 3.63) is 83.7 Å². The third-order valence-corrected chi connectivity index (χ3v) is 5.27. The molecule has 0 aliphatic carbocycles. The van der Waals surface area contributed by atoms with E-state index in [0.717, 1.165) is 5.56 Å². The van der Waals surface area contributed by atoms with Gasteiger partial charge in [0.1, 0.15) is 17.5 Å². The summed E-state index contributed by atoms with van der Waals surface area (Å²) < 4.78 is 10.7. The standard InChI is InChI=1S/C25H24N4O5/c1-3-21-23(17-9-12-22(33-2)20(30)14-17)28-29(25(32)34-21)15-16-7-10-18(11-8-16)27-24(31)19-6-4-5-13-26-19/h4-14,21,30H,3,15H2,1-2H3,(H,27,31). The summed E-state index contributed by atoms with van der Waals surface area (Å²) >= 11 is 0. The van der Waals surface area contributed by atoms with E-state index in [9.17, 15) is 14.7 Å². The average Bonchev–Trinajstić information content (AvgIpc) is 2.86. The molecule has 2 amide bonds. The largest absolute Gasteiger partial charge is 0.504 e. The van der Waals surface area contributed by atoms with Crippen LogP contribution in [-0.2, 0) is 11.3 Å². The smallest absolute Gasteiger partial charge is 0.431 e. The zero-order chi connectivity index (χ0) is 24.1. The summed E-state index contributed by atoms with van der Waals surface area (Å²) in [5.74, 6) is 0.0113. The molecule has 2 N–H and O–H groups in total. The quantitative estimate of drug-likeness (QED) is 0.547. The number of carbonyl (C=O) groups is 2. The summed E-state index contributed by atoms with van der Waals surface area (Å²) in [6.45, 7) is 2.07. The minimum Gasteiger partial charge on any atom is -0.504 e. The van der Waals surface area contributed by atoms with Crippen molar-refractivity contribution in [3.8, 4) is 11.5 Å². The van der Waals surface area contributed by atoms with Crippen molar-refractivity contribution in [3.63, 3.8) is 0 Å². The van der Waals surface area contributed by atoms with Crippen molar-refractivity contribution in [2.75, 3.05) is 12.4 Å². The Labute approximate surface area is 196 Å². The molecule has 1 atom stereocenters. The topological polar surface area (TPSA) is 113 Å². The summed E-state index contributed by atoms with van der Waals surface area (Å²) in [7, 11) is 1.47. The fourth-order valence-corrected chi connectivity index (χ4v) is 3.50. The number of benzene rings is 2. The number of hydrogen-bond donors (Lipinski definition) is 2. The van der Waals surface area contributed by atoms with Crippen molar-refractivity contribution >= 4 is 23.4 Å². The van der Waals surface area contributed by atoms with E-state index in [4.69, 9.17) is 9.47 Å². The molecule has 9 heteroatoms. The number of phenols is 1. The third kappa shape index (κ3) is 4.98. The molecular formula is C25H24N4O5.